The van der Waals surface area contributed by atoms with Crippen LogP contribution in [0.3, 0.4) is 0 Å². The summed E-state index contributed by atoms with van der Waals surface area (Å²) in [6.07, 6.45) is 1.81. The van der Waals surface area contributed by atoms with Crippen LogP contribution < -0.4 is 11.1 Å². The molecule has 0 aromatic rings. The number of hydrogen-bond acceptors (Lipinski definition) is 3. The number of nitrogens with one attached hydrogen (secondary N) is 1. The van der Waals surface area contributed by atoms with Crippen LogP contribution in [0.4, 0.5) is 0 Å². The van der Waals surface area contributed by atoms with Crippen molar-refractivity contribution in [3.63, 3.8) is 0 Å². The van der Waals surface area contributed by atoms with E-state index in [1.54, 1.807) is 0 Å². The minimum absolute atomic E-state index is 0.194. The molecule has 0 aromatic carbocycles. The summed E-state index contributed by atoms with van der Waals surface area (Å²) in [6, 6.07) is -0.780. The Hall–Kier alpha value is -1.72. The monoisotopic (exact) mass is 311 g/mol. The molecular weight excluding hydrogens is 282 g/mol. The number of carbonyl (C=O) groups is 3. The number of hydrogen-bond donors (Lipinski definition) is 2. The zero-order valence-electron chi connectivity index (χ0n) is 14.4. The molecule has 3 amide bonds. The lowest BCUT2D eigenvalue weighted by Gasteiger charge is -2.39. The Morgan fingerprint density at radius 3 is 2.18 bits per heavy atom. The summed E-state index contributed by atoms with van der Waals surface area (Å²) >= 11 is 0. The molecule has 1 atom stereocenters. The Labute approximate surface area is 132 Å². The molecule has 0 fully saturated rings. The van der Waals surface area contributed by atoms with E-state index in [9.17, 15) is 14.4 Å². The second-order valence-electron chi connectivity index (χ2n) is 7.21. The fourth-order valence-corrected chi connectivity index (χ4v) is 2.98. The zero-order valence-corrected chi connectivity index (χ0v) is 14.4. The van der Waals surface area contributed by atoms with Gasteiger partial charge in [0.25, 0.3) is 0 Å². The highest BCUT2D eigenvalue weighted by Gasteiger charge is 2.39. The first-order valence-electron chi connectivity index (χ1n) is 7.53. The van der Waals surface area contributed by atoms with Crippen LogP contribution in [0.15, 0.2) is 4.99 Å². The Morgan fingerprint density at radius 1 is 1.23 bits per heavy atom. The number of nitrogens with two attached hydrogens (primary N) is 1. The van der Waals surface area contributed by atoms with Crippen LogP contribution in [-0.4, -0.2) is 30.5 Å². The lowest BCUT2D eigenvalue weighted by molar-refractivity contribution is -0.130. The average Bonchev–Trinajstić information content (AvgIpc) is 2.33. The van der Waals surface area contributed by atoms with Crippen molar-refractivity contribution < 1.29 is 14.4 Å². The molecule has 0 aliphatic rings. The highest BCUT2D eigenvalue weighted by molar-refractivity contribution is 5.87. The van der Waals surface area contributed by atoms with Gasteiger partial charge >= 0.3 is 0 Å². The van der Waals surface area contributed by atoms with Crippen molar-refractivity contribution in [3.05, 3.63) is 0 Å². The molecule has 0 aliphatic heterocycles. The maximum Gasteiger partial charge on any atom is 0.245 e. The second kappa shape index (κ2) is 8.06. The van der Waals surface area contributed by atoms with E-state index in [1.165, 1.54) is 0 Å². The second-order valence-corrected chi connectivity index (χ2v) is 7.21. The van der Waals surface area contributed by atoms with Gasteiger partial charge in [0, 0.05) is 12.8 Å². The van der Waals surface area contributed by atoms with Crippen LogP contribution in [0.25, 0.3) is 0 Å². The molecule has 0 radical (unpaired) electrons. The molecule has 0 saturated heterocycles. The maximum atomic E-state index is 11.8. The predicted octanol–water partition coefficient (Wildman–Crippen LogP) is 1.82. The maximum absolute atomic E-state index is 11.8. The van der Waals surface area contributed by atoms with Crippen molar-refractivity contribution in [2.45, 2.75) is 66.3 Å². The molecule has 0 saturated carbocycles. The van der Waals surface area contributed by atoms with E-state index >= 15 is 0 Å². The Kier molecular flexibility index (Phi) is 7.43. The van der Waals surface area contributed by atoms with E-state index in [0.717, 1.165) is 0 Å². The molecule has 0 spiro atoms. The third-order valence-corrected chi connectivity index (χ3v) is 3.59. The van der Waals surface area contributed by atoms with Gasteiger partial charge in [0.05, 0.1) is 0 Å². The summed E-state index contributed by atoms with van der Waals surface area (Å²) in [7, 11) is 0. The molecule has 0 unspecified atom stereocenters. The molecular formula is C16H29N3O3. The number of amides is 3. The molecule has 0 bridgehead atoms. The molecule has 0 rings (SSSR count). The van der Waals surface area contributed by atoms with E-state index in [2.05, 4.69) is 17.0 Å². The van der Waals surface area contributed by atoms with Gasteiger partial charge in [-0.3, -0.25) is 14.4 Å². The van der Waals surface area contributed by atoms with Crippen molar-refractivity contribution in [2.75, 3.05) is 0 Å². The molecule has 126 valence electrons. The van der Waals surface area contributed by atoms with Crippen LogP contribution in [0, 0.1) is 10.8 Å². The topological polar surface area (TPSA) is 102 Å². The first-order valence-corrected chi connectivity index (χ1v) is 7.53. The van der Waals surface area contributed by atoms with Crippen LogP contribution >= 0.6 is 0 Å². The van der Waals surface area contributed by atoms with E-state index in [0.29, 0.717) is 19.3 Å². The minimum atomic E-state index is -0.780. The molecule has 0 aliphatic carbocycles. The van der Waals surface area contributed by atoms with Gasteiger partial charge in [-0.25, -0.2) is 4.99 Å². The standard InChI is InChI=1S/C16H29N3O3/c1-7-8-11(20)19-13(14(17)22)16(4,5)10-15(2,3)9-12(21)18-6/h13H,6-10H2,1-5H3,(H2,17,22)(H,19,20)/t13-/m0/s1. The van der Waals surface area contributed by atoms with Gasteiger partial charge < -0.3 is 11.1 Å². The first kappa shape index (κ1) is 20.3. The van der Waals surface area contributed by atoms with Crippen LogP contribution in [0.1, 0.15) is 60.3 Å². The normalized spacial score (nSPS) is 13.3. The molecule has 0 aromatic heterocycles. The summed E-state index contributed by atoms with van der Waals surface area (Å²) in [5.41, 5.74) is 4.50. The fourth-order valence-electron chi connectivity index (χ4n) is 2.98. The van der Waals surface area contributed by atoms with E-state index < -0.39 is 17.4 Å². The number of primary amides is 1. The van der Waals surface area contributed by atoms with Gasteiger partial charge in [-0.15, -0.1) is 0 Å². The lowest BCUT2D eigenvalue weighted by Crippen LogP contribution is -2.54. The number of nitrogens with zero attached hydrogens (tertiary/aromatic N) is 1. The number of carbonyl (C=O) groups excluding carboxylic acids is 3. The third kappa shape index (κ3) is 6.83. The van der Waals surface area contributed by atoms with Gasteiger partial charge in [0.2, 0.25) is 17.7 Å². The van der Waals surface area contributed by atoms with Crippen LogP contribution in [0.5, 0.6) is 0 Å². The number of aliphatic imine (C=N–C) groups is 1. The fraction of sp³-hybridized carbons (Fsp3) is 0.750. The Balaban J connectivity index is 5.11. The van der Waals surface area contributed by atoms with Crippen molar-refractivity contribution in [2.24, 2.45) is 21.6 Å². The molecule has 6 heteroatoms. The summed E-state index contributed by atoms with van der Waals surface area (Å²) in [6.45, 7) is 12.7. The summed E-state index contributed by atoms with van der Waals surface area (Å²) in [4.78, 5) is 38.5. The predicted molar refractivity (Wildman–Crippen MR) is 87.4 cm³/mol. The third-order valence-electron chi connectivity index (χ3n) is 3.59. The van der Waals surface area contributed by atoms with Crippen molar-refractivity contribution in [3.8, 4) is 0 Å². The largest absolute Gasteiger partial charge is 0.368 e. The molecule has 3 N–H and O–H groups in total. The van der Waals surface area contributed by atoms with Crippen molar-refractivity contribution in [1.82, 2.24) is 5.32 Å². The molecule has 22 heavy (non-hydrogen) atoms. The summed E-state index contributed by atoms with van der Waals surface area (Å²) < 4.78 is 0. The first-order chi connectivity index (χ1) is 9.95. The quantitative estimate of drug-likeness (QED) is 0.635. The highest BCUT2D eigenvalue weighted by Crippen LogP contribution is 2.38. The molecule has 6 nitrogen and oxygen atoms in total. The molecule has 0 heterocycles. The minimum Gasteiger partial charge on any atom is -0.368 e. The van der Waals surface area contributed by atoms with E-state index in [1.807, 2.05) is 34.6 Å². The van der Waals surface area contributed by atoms with E-state index in [-0.39, 0.29) is 23.7 Å². The van der Waals surface area contributed by atoms with Crippen molar-refractivity contribution >= 4 is 24.4 Å². The van der Waals surface area contributed by atoms with Gasteiger partial charge in [0.1, 0.15) is 6.04 Å². The smallest absolute Gasteiger partial charge is 0.245 e. The zero-order chi connectivity index (χ0) is 17.6. The van der Waals surface area contributed by atoms with Gasteiger partial charge in [-0.05, 0) is 30.4 Å². The summed E-state index contributed by atoms with van der Waals surface area (Å²) in [5.74, 6) is -1.05. The SMILES string of the molecule is C=NC(=O)CC(C)(C)CC(C)(C)[C@@H](NC(=O)CCC)C(N)=O. The Bertz CT molecular complexity index is 442. The van der Waals surface area contributed by atoms with Crippen LogP contribution in [0.2, 0.25) is 0 Å². The van der Waals surface area contributed by atoms with Gasteiger partial charge in [0.15, 0.2) is 0 Å². The number of rotatable bonds is 9. The lowest BCUT2D eigenvalue weighted by atomic mass is 9.69. The van der Waals surface area contributed by atoms with Gasteiger partial charge in [-0.2, -0.15) is 0 Å². The van der Waals surface area contributed by atoms with Crippen LogP contribution in [-0.2, 0) is 14.4 Å². The van der Waals surface area contributed by atoms with E-state index in [4.69, 9.17) is 5.73 Å². The Morgan fingerprint density at radius 2 is 1.77 bits per heavy atom. The average molecular weight is 311 g/mol. The van der Waals surface area contributed by atoms with Crippen molar-refractivity contribution in [1.29, 1.82) is 0 Å². The highest BCUT2D eigenvalue weighted by atomic mass is 16.2. The summed E-state index contributed by atoms with van der Waals surface area (Å²) in [5, 5.41) is 2.71. The van der Waals surface area contributed by atoms with Gasteiger partial charge in [-0.1, -0.05) is 34.6 Å².